The maximum absolute atomic E-state index is 12.6. The molecule has 0 unspecified atom stereocenters. The average Bonchev–Trinajstić information content (AvgIpc) is 2.98. The van der Waals surface area contributed by atoms with E-state index in [4.69, 9.17) is 0 Å². The SMILES string of the molecule is Cn1c(=O)n(C)c2cc(C(=O)Nc3ccc(S(=O)(=O)Nc4ncccn4)cc3)ccc21. The predicted octanol–water partition coefficient (Wildman–Crippen LogP) is 1.72. The minimum atomic E-state index is -3.86. The second-order valence-corrected chi connectivity index (χ2v) is 8.44. The number of fused-ring (bicyclic) bond motifs is 1. The van der Waals surface area contributed by atoms with Crippen LogP contribution in [-0.2, 0) is 24.1 Å². The van der Waals surface area contributed by atoms with Crippen LogP contribution in [0.1, 0.15) is 10.4 Å². The molecule has 0 aliphatic heterocycles. The molecule has 0 atom stereocenters. The molecular weight excluding hydrogens is 420 g/mol. The Morgan fingerprint density at radius 2 is 1.58 bits per heavy atom. The zero-order valence-corrected chi connectivity index (χ0v) is 17.4. The van der Waals surface area contributed by atoms with E-state index >= 15 is 0 Å². The minimum Gasteiger partial charge on any atom is -0.322 e. The number of nitrogens with one attached hydrogen (secondary N) is 2. The summed E-state index contributed by atoms with van der Waals surface area (Å²) >= 11 is 0. The third-order valence-corrected chi connectivity index (χ3v) is 6.09. The van der Waals surface area contributed by atoms with Crippen molar-refractivity contribution in [3.63, 3.8) is 0 Å². The molecule has 2 aromatic heterocycles. The van der Waals surface area contributed by atoms with Gasteiger partial charge in [-0.1, -0.05) is 0 Å². The van der Waals surface area contributed by atoms with E-state index in [0.29, 0.717) is 22.3 Å². The van der Waals surface area contributed by atoms with Crippen molar-refractivity contribution < 1.29 is 13.2 Å². The fourth-order valence-corrected chi connectivity index (χ4v) is 4.06. The van der Waals surface area contributed by atoms with Crippen LogP contribution in [0.25, 0.3) is 11.0 Å². The van der Waals surface area contributed by atoms with Crippen molar-refractivity contribution in [3.05, 3.63) is 77.0 Å². The Kier molecular flexibility index (Phi) is 5.03. The molecule has 0 aliphatic rings. The number of anilines is 2. The topological polar surface area (TPSA) is 128 Å². The molecule has 0 bridgehead atoms. The van der Waals surface area contributed by atoms with Crippen molar-refractivity contribution in [1.29, 1.82) is 0 Å². The Balaban J connectivity index is 1.52. The Labute approximate surface area is 177 Å². The van der Waals surface area contributed by atoms with E-state index in [2.05, 4.69) is 20.0 Å². The fourth-order valence-electron chi connectivity index (χ4n) is 3.10. The zero-order valence-electron chi connectivity index (χ0n) is 16.6. The maximum atomic E-state index is 12.6. The number of amides is 1. The van der Waals surface area contributed by atoms with E-state index in [1.54, 1.807) is 38.4 Å². The van der Waals surface area contributed by atoms with E-state index in [0.717, 1.165) is 0 Å². The average molecular weight is 438 g/mol. The van der Waals surface area contributed by atoms with Crippen LogP contribution >= 0.6 is 0 Å². The Bertz CT molecular complexity index is 1440. The summed E-state index contributed by atoms with van der Waals surface area (Å²) in [7, 11) is -0.560. The van der Waals surface area contributed by atoms with Gasteiger partial charge in [0, 0.05) is 37.7 Å². The summed E-state index contributed by atoms with van der Waals surface area (Å²) in [6, 6.07) is 12.2. The van der Waals surface area contributed by atoms with Crippen LogP contribution in [0.15, 0.2) is 70.6 Å². The van der Waals surface area contributed by atoms with Crippen molar-refractivity contribution in [2.45, 2.75) is 4.90 Å². The van der Waals surface area contributed by atoms with Crippen molar-refractivity contribution in [1.82, 2.24) is 19.1 Å². The molecule has 0 saturated carbocycles. The quantitative estimate of drug-likeness (QED) is 0.488. The van der Waals surface area contributed by atoms with Gasteiger partial charge in [-0.2, -0.15) is 0 Å². The molecule has 0 radical (unpaired) electrons. The maximum Gasteiger partial charge on any atom is 0.328 e. The smallest absolute Gasteiger partial charge is 0.322 e. The first-order chi connectivity index (χ1) is 14.8. The lowest BCUT2D eigenvalue weighted by Crippen LogP contribution is -2.19. The second kappa shape index (κ2) is 7.69. The minimum absolute atomic E-state index is 0.00124. The molecule has 0 fully saturated rings. The first-order valence-corrected chi connectivity index (χ1v) is 10.6. The van der Waals surface area contributed by atoms with Gasteiger partial charge in [-0.15, -0.1) is 0 Å². The van der Waals surface area contributed by atoms with Crippen molar-refractivity contribution in [3.8, 4) is 0 Å². The molecule has 31 heavy (non-hydrogen) atoms. The van der Waals surface area contributed by atoms with Gasteiger partial charge in [0.2, 0.25) is 5.95 Å². The lowest BCUT2D eigenvalue weighted by Gasteiger charge is -2.09. The third-order valence-electron chi connectivity index (χ3n) is 4.75. The molecule has 2 heterocycles. The molecule has 4 rings (SSSR count). The van der Waals surface area contributed by atoms with Crippen LogP contribution in [0.3, 0.4) is 0 Å². The first-order valence-electron chi connectivity index (χ1n) is 9.13. The zero-order chi connectivity index (χ0) is 22.2. The van der Waals surface area contributed by atoms with E-state index in [9.17, 15) is 18.0 Å². The van der Waals surface area contributed by atoms with Gasteiger partial charge < -0.3 is 5.32 Å². The Hall–Kier alpha value is -3.99. The molecule has 11 heteroatoms. The van der Waals surface area contributed by atoms with Gasteiger partial charge in [0.15, 0.2) is 0 Å². The highest BCUT2D eigenvalue weighted by atomic mass is 32.2. The van der Waals surface area contributed by atoms with E-state index in [-0.39, 0.29) is 22.4 Å². The highest BCUT2D eigenvalue weighted by Gasteiger charge is 2.16. The molecule has 2 N–H and O–H groups in total. The largest absolute Gasteiger partial charge is 0.328 e. The molecule has 10 nitrogen and oxygen atoms in total. The highest BCUT2D eigenvalue weighted by Crippen LogP contribution is 2.19. The van der Waals surface area contributed by atoms with E-state index < -0.39 is 10.0 Å². The van der Waals surface area contributed by atoms with Crippen LogP contribution < -0.4 is 15.7 Å². The summed E-state index contributed by atoms with van der Waals surface area (Å²) in [6.45, 7) is 0. The number of sulfonamides is 1. The van der Waals surface area contributed by atoms with Crippen LogP contribution in [0.4, 0.5) is 11.6 Å². The van der Waals surface area contributed by atoms with Crippen molar-refractivity contribution in [2.75, 3.05) is 10.0 Å². The number of imidazole rings is 1. The number of aromatic nitrogens is 4. The number of carbonyl (C=O) groups excluding carboxylic acids is 1. The van der Waals surface area contributed by atoms with Gasteiger partial charge in [-0.05, 0) is 48.5 Å². The number of rotatable bonds is 5. The van der Waals surface area contributed by atoms with Gasteiger partial charge >= 0.3 is 5.69 Å². The van der Waals surface area contributed by atoms with Crippen LogP contribution in [0.5, 0.6) is 0 Å². The molecule has 0 aliphatic carbocycles. The molecule has 0 saturated heterocycles. The van der Waals surface area contributed by atoms with Gasteiger partial charge in [-0.3, -0.25) is 13.9 Å². The molecule has 1 amide bonds. The number of hydrogen-bond donors (Lipinski definition) is 2. The highest BCUT2D eigenvalue weighted by molar-refractivity contribution is 7.92. The number of aryl methyl sites for hydroxylation is 2. The molecule has 0 spiro atoms. The number of benzene rings is 2. The van der Waals surface area contributed by atoms with Crippen LogP contribution in [0, 0.1) is 0 Å². The normalized spacial score (nSPS) is 11.4. The van der Waals surface area contributed by atoms with Crippen molar-refractivity contribution in [2.24, 2.45) is 14.1 Å². The first kappa shape index (κ1) is 20.3. The summed E-state index contributed by atoms with van der Waals surface area (Å²) in [5.74, 6) is -0.421. The summed E-state index contributed by atoms with van der Waals surface area (Å²) in [6.07, 6.45) is 2.85. The lowest BCUT2D eigenvalue weighted by molar-refractivity contribution is 0.102. The van der Waals surface area contributed by atoms with Gasteiger partial charge in [0.1, 0.15) is 0 Å². The second-order valence-electron chi connectivity index (χ2n) is 6.76. The van der Waals surface area contributed by atoms with Gasteiger partial charge in [-0.25, -0.2) is 27.9 Å². The van der Waals surface area contributed by atoms with E-state index in [1.807, 2.05) is 0 Å². The van der Waals surface area contributed by atoms with Crippen LogP contribution in [0.2, 0.25) is 0 Å². The summed E-state index contributed by atoms with van der Waals surface area (Å²) in [5, 5.41) is 2.72. The molecule has 158 valence electrons. The molecule has 4 aromatic rings. The van der Waals surface area contributed by atoms with Crippen LogP contribution in [-0.4, -0.2) is 33.4 Å². The number of hydrogen-bond acceptors (Lipinski definition) is 6. The number of carbonyl (C=O) groups is 1. The molecular formula is C20H18N6O4S. The number of nitrogens with zero attached hydrogens (tertiary/aromatic N) is 4. The Morgan fingerprint density at radius 1 is 0.935 bits per heavy atom. The standard InChI is InChI=1S/C20H18N6O4S/c1-25-16-9-4-13(12-17(16)26(2)20(25)28)18(27)23-14-5-7-15(8-6-14)31(29,30)24-19-21-10-3-11-22-19/h3-12H,1-2H3,(H,23,27)(H,21,22,24). The predicted molar refractivity (Wildman–Crippen MR) is 115 cm³/mol. The monoisotopic (exact) mass is 438 g/mol. The Morgan fingerprint density at radius 3 is 2.26 bits per heavy atom. The molecule has 2 aromatic carbocycles. The van der Waals surface area contributed by atoms with E-state index in [1.165, 1.54) is 45.8 Å². The third kappa shape index (κ3) is 3.90. The lowest BCUT2D eigenvalue weighted by atomic mass is 10.1. The summed E-state index contributed by atoms with van der Waals surface area (Å²) in [5.41, 5.74) is 1.96. The summed E-state index contributed by atoms with van der Waals surface area (Å²) in [4.78, 5) is 32.3. The van der Waals surface area contributed by atoms with Crippen molar-refractivity contribution >= 4 is 38.6 Å². The summed E-state index contributed by atoms with van der Waals surface area (Å²) < 4.78 is 30.1. The fraction of sp³-hybridized carbons (Fsp3) is 0.100. The van der Waals surface area contributed by atoms with Gasteiger partial charge in [0.25, 0.3) is 15.9 Å². The van der Waals surface area contributed by atoms with Gasteiger partial charge in [0.05, 0.1) is 15.9 Å².